The van der Waals surface area contributed by atoms with Crippen molar-refractivity contribution in [3.05, 3.63) is 48.0 Å². The molecule has 2 unspecified atom stereocenters. The number of hydrogen-bond acceptors (Lipinski definition) is 1. The molecule has 1 aliphatic carbocycles. The third-order valence-electron chi connectivity index (χ3n) is 4.91. The van der Waals surface area contributed by atoms with Crippen LogP contribution < -0.4 is 5.32 Å². The summed E-state index contributed by atoms with van der Waals surface area (Å²) in [5, 5.41) is 6.51. The summed E-state index contributed by atoms with van der Waals surface area (Å²) < 4.78 is 0. The van der Waals surface area contributed by atoms with Crippen LogP contribution in [0.1, 0.15) is 44.6 Å². The maximum Gasteiger partial charge on any atom is 0.00696 e. The van der Waals surface area contributed by atoms with Crippen LogP contribution in [-0.2, 0) is 6.42 Å². The zero-order valence-electron chi connectivity index (χ0n) is 13.1. The van der Waals surface area contributed by atoms with Crippen LogP contribution in [0, 0.1) is 5.92 Å². The van der Waals surface area contributed by atoms with E-state index in [-0.39, 0.29) is 0 Å². The Morgan fingerprint density at radius 1 is 1.00 bits per heavy atom. The number of hydrogen-bond donors (Lipinski definition) is 1. The first kappa shape index (κ1) is 14.6. The van der Waals surface area contributed by atoms with Crippen LogP contribution in [-0.4, -0.2) is 12.6 Å². The van der Waals surface area contributed by atoms with Crippen molar-refractivity contribution in [3.8, 4) is 0 Å². The first-order valence-electron chi connectivity index (χ1n) is 8.57. The Hall–Kier alpha value is -1.34. The monoisotopic (exact) mass is 281 g/mol. The summed E-state index contributed by atoms with van der Waals surface area (Å²) in [6.45, 7) is 3.33. The van der Waals surface area contributed by atoms with E-state index in [4.69, 9.17) is 0 Å². The highest BCUT2D eigenvalue weighted by Crippen LogP contribution is 2.29. The smallest absolute Gasteiger partial charge is 0.00696 e. The van der Waals surface area contributed by atoms with Crippen LogP contribution in [0.5, 0.6) is 0 Å². The Kier molecular flexibility index (Phi) is 4.92. The molecule has 2 aromatic carbocycles. The van der Waals surface area contributed by atoms with E-state index in [0.29, 0.717) is 0 Å². The van der Waals surface area contributed by atoms with Gasteiger partial charge in [0.1, 0.15) is 0 Å². The average Bonchev–Trinajstić information content (AvgIpc) is 2.73. The van der Waals surface area contributed by atoms with Gasteiger partial charge in [-0.05, 0) is 48.1 Å². The molecule has 3 rings (SSSR count). The summed E-state index contributed by atoms with van der Waals surface area (Å²) in [6.07, 6.45) is 8.13. The zero-order valence-corrected chi connectivity index (χ0v) is 13.1. The third-order valence-corrected chi connectivity index (χ3v) is 4.91. The minimum atomic E-state index is 0.734. The highest BCUT2D eigenvalue weighted by molar-refractivity contribution is 5.85. The van der Waals surface area contributed by atoms with Gasteiger partial charge in [-0.15, -0.1) is 0 Å². The molecular formula is C20H27N. The Balaban J connectivity index is 1.77. The number of nitrogens with one attached hydrogen (secondary N) is 1. The molecule has 1 fully saturated rings. The predicted octanol–water partition coefficient (Wildman–Crippen LogP) is 4.94. The van der Waals surface area contributed by atoms with Gasteiger partial charge in [-0.25, -0.2) is 0 Å². The van der Waals surface area contributed by atoms with Crippen LogP contribution in [0.2, 0.25) is 0 Å². The van der Waals surface area contributed by atoms with Gasteiger partial charge in [0.05, 0.1) is 0 Å². The molecule has 0 aromatic heterocycles. The Morgan fingerprint density at radius 3 is 2.71 bits per heavy atom. The molecule has 0 heterocycles. The van der Waals surface area contributed by atoms with E-state index in [2.05, 4.69) is 54.7 Å². The lowest BCUT2D eigenvalue weighted by molar-refractivity contribution is 0.390. The summed E-state index contributed by atoms with van der Waals surface area (Å²) in [5.74, 6) is 0.836. The molecule has 0 bridgehead atoms. The van der Waals surface area contributed by atoms with Crippen molar-refractivity contribution in [1.82, 2.24) is 5.32 Å². The van der Waals surface area contributed by atoms with Crippen molar-refractivity contribution in [2.45, 2.75) is 51.5 Å². The SMILES string of the molecule is CCNC1CCCCC(Cc2cccc3ccccc23)C1. The van der Waals surface area contributed by atoms with Crippen molar-refractivity contribution in [2.24, 2.45) is 5.92 Å². The van der Waals surface area contributed by atoms with Gasteiger partial charge in [-0.3, -0.25) is 0 Å². The molecule has 0 amide bonds. The van der Waals surface area contributed by atoms with Crippen LogP contribution in [0.3, 0.4) is 0 Å². The Labute approximate surface area is 128 Å². The van der Waals surface area contributed by atoms with E-state index < -0.39 is 0 Å². The van der Waals surface area contributed by atoms with E-state index in [1.165, 1.54) is 54.9 Å². The second-order valence-electron chi connectivity index (χ2n) is 6.48. The molecule has 0 spiro atoms. The number of rotatable bonds is 4. The predicted molar refractivity (Wildman–Crippen MR) is 91.7 cm³/mol. The quantitative estimate of drug-likeness (QED) is 0.783. The van der Waals surface area contributed by atoms with E-state index in [1.54, 1.807) is 0 Å². The van der Waals surface area contributed by atoms with Gasteiger partial charge >= 0.3 is 0 Å². The second kappa shape index (κ2) is 7.09. The van der Waals surface area contributed by atoms with E-state index in [9.17, 15) is 0 Å². The molecule has 0 saturated heterocycles. The summed E-state index contributed by atoms with van der Waals surface area (Å²) in [6, 6.07) is 16.3. The van der Waals surface area contributed by atoms with Gasteiger partial charge in [-0.1, -0.05) is 68.7 Å². The summed E-state index contributed by atoms with van der Waals surface area (Å²) in [7, 11) is 0. The zero-order chi connectivity index (χ0) is 14.5. The highest BCUT2D eigenvalue weighted by atomic mass is 14.9. The summed E-state index contributed by atoms with van der Waals surface area (Å²) >= 11 is 0. The molecule has 21 heavy (non-hydrogen) atoms. The van der Waals surface area contributed by atoms with E-state index in [1.807, 2.05) is 0 Å². The topological polar surface area (TPSA) is 12.0 Å². The molecule has 2 atom stereocenters. The normalized spacial score (nSPS) is 23.1. The van der Waals surface area contributed by atoms with Crippen LogP contribution >= 0.6 is 0 Å². The molecule has 1 N–H and O–H groups in total. The van der Waals surface area contributed by atoms with E-state index in [0.717, 1.165) is 18.5 Å². The third kappa shape index (κ3) is 3.65. The molecule has 112 valence electrons. The van der Waals surface area contributed by atoms with Gasteiger partial charge in [0.15, 0.2) is 0 Å². The molecule has 0 aliphatic heterocycles. The lowest BCUT2D eigenvalue weighted by atomic mass is 9.89. The standard InChI is InChI=1S/C20H27N/c1-2-21-19-12-5-3-8-16(15-19)14-18-11-7-10-17-9-4-6-13-20(17)18/h4,6-7,9-11,13,16,19,21H,2-3,5,8,12,14-15H2,1H3. The molecular weight excluding hydrogens is 254 g/mol. The maximum absolute atomic E-state index is 3.68. The fourth-order valence-electron chi connectivity index (χ4n) is 3.90. The summed E-state index contributed by atoms with van der Waals surface area (Å²) in [4.78, 5) is 0. The fourth-order valence-corrected chi connectivity index (χ4v) is 3.90. The second-order valence-corrected chi connectivity index (χ2v) is 6.48. The number of fused-ring (bicyclic) bond motifs is 1. The molecule has 1 saturated carbocycles. The van der Waals surface area contributed by atoms with Gasteiger partial charge in [0.25, 0.3) is 0 Å². The van der Waals surface area contributed by atoms with Crippen molar-refractivity contribution in [1.29, 1.82) is 0 Å². The van der Waals surface area contributed by atoms with Crippen molar-refractivity contribution in [3.63, 3.8) is 0 Å². The molecule has 2 aromatic rings. The van der Waals surface area contributed by atoms with E-state index >= 15 is 0 Å². The lowest BCUT2D eigenvalue weighted by Crippen LogP contribution is -2.30. The highest BCUT2D eigenvalue weighted by Gasteiger charge is 2.20. The minimum absolute atomic E-state index is 0.734. The average molecular weight is 281 g/mol. The summed E-state index contributed by atoms with van der Waals surface area (Å²) in [5.41, 5.74) is 1.54. The van der Waals surface area contributed by atoms with Gasteiger partial charge in [-0.2, -0.15) is 0 Å². The number of benzene rings is 2. The molecule has 1 nitrogen and oxygen atoms in total. The maximum atomic E-state index is 3.68. The molecule has 1 aliphatic rings. The van der Waals surface area contributed by atoms with Crippen LogP contribution in [0.4, 0.5) is 0 Å². The van der Waals surface area contributed by atoms with Crippen molar-refractivity contribution in [2.75, 3.05) is 6.54 Å². The largest absolute Gasteiger partial charge is 0.314 e. The van der Waals surface area contributed by atoms with Crippen molar-refractivity contribution < 1.29 is 0 Å². The first-order valence-corrected chi connectivity index (χ1v) is 8.57. The Morgan fingerprint density at radius 2 is 1.81 bits per heavy atom. The molecule has 1 heteroatoms. The molecule has 0 radical (unpaired) electrons. The lowest BCUT2D eigenvalue weighted by Gasteiger charge is -2.21. The first-order chi connectivity index (χ1) is 10.4. The van der Waals surface area contributed by atoms with Crippen molar-refractivity contribution >= 4 is 10.8 Å². The van der Waals surface area contributed by atoms with Crippen LogP contribution in [0.15, 0.2) is 42.5 Å². The van der Waals surface area contributed by atoms with Crippen LogP contribution in [0.25, 0.3) is 10.8 Å². The fraction of sp³-hybridized carbons (Fsp3) is 0.500. The van der Waals surface area contributed by atoms with Gasteiger partial charge in [0.2, 0.25) is 0 Å². The minimum Gasteiger partial charge on any atom is -0.314 e. The van der Waals surface area contributed by atoms with Gasteiger partial charge in [0, 0.05) is 6.04 Å². The Bertz CT molecular complexity index is 570. The van der Waals surface area contributed by atoms with Gasteiger partial charge < -0.3 is 5.32 Å².